The highest BCUT2D eigenvalue weighted by molar-refractivity contribution is 4.81. The summed E-state index contributed by atoms with van der Waals surface area (Å²) in [5, 5.41) is 0. The first-order chi connectivity index (χ1) is 8.91. The third-order valence-electron chi connectivity index (χ3n) is 3.42. The molecular weight excluding hydrogens is 216 g/mol. The van der Waals surface area contributed by atoms with Gasteiger partial charge < -0.3 is 0 Å². The van der Waals surface area contributed by atoms with E-state index in [2.05, 4.69) is 25.7 Å². The van der Waals surface area contributed by atoms with E-state index in [-0.39, 0.29) is 0 Å². The van der Waals surface area contributed by atoms with Gasteiger partial charge in [-0.05, 0) is 38.5 Å². The summed E-state index contributed by atoms with van der Waals surface area (Å²) in [7, 11) is 0. The molecule has 0 spiro atoms. The predicted octanol–water partition coefficient (Wildman–Crippen LogP) is 6.82. The Kier molecular flexibility index (Phi) is 16.0. The van der Waals surface area contributed by atoms with Gasteiger partial charge in [-0.15, -0.1) is 6.58 Å². The lowest BCUT2D eigenvalue weighted by molar-refractivity contribution is 0.577. The maximum absolute atomic E-state index is 3.74. The van der Waals surface area contributed by atoms with Crippen molar-refractivity contribution in [1.29, 1.82) is 0 Å². The summed E-state index contributed by atoms with van der Waals surface area (Å²) < 4.78 is 0. The molecule has 0 aliphatic carbocycles. The highest BCUT2D eigenvalue weighted by Crippen LogP contribution is 2.10. The summed E-state index contributed by atoms with van der Waals surface area (Å²) in [6, 6.07) is 0. The molecule has 0 aromatic rings. The zero-order chi connectivity index (χ0) is 13.3. The number of unbranched alkanes of at least 4 members (excludes halogenated alkanes) is 11. The van der Waals surface area contributed by atoms with Gasteiger partial charge in [0.1, 0.15) is 0 Å². The monoisotopic (exact) mass is 250 g/mol. The first-order valence-electron chi connectivity index (χ1n) is 8.17. The van der Waals surface area contributed by atoms with Gasteiger partial charge in [-0.1, -0.05) is 70.1 Å². The Labute approximate surface area is 116 Å². The van der Waals surface area contributed by atoms with Crippen molar-refractivity contribution in [2.24, 2.45) is 0 Å². The molecule has 18 heavy (non-hydrogen) atoms. The van der Waals surface area contributed by atoms with E-state index >= 15 is 0 Å². The van der Waals surface area contributed by atoms with Crippen molar-refractivity contribution >= 4 is 0 Å². The standard InChI is InChI=1S/C18H34/c1-3-5-7-9-11-13-15-17-18-16-14-12-10-8-6-4-2/h3,13,15H,1,4-12,14,16-18H2,2H3. The average Bonchev–Trinajstić information content (AvgIpc) is 2.39. The summed E-state index contributed by atoms with van der Waals surface area (Å²) >= 11 is 0. The molecule has 0 nitrogen and oxygen atoms in total. The first-order valence-corrected chi connectivity index (χ1v) is 8.17. The van der Waals surface area contributed by atoms with Crippen molar-refractivity contribution < 1.29 is 0 Å². The van der Waals surface area contributed by atoms with Crippen molar-refractivity contribution in [2.75, 3.05) is 0 Å². The van der Waals surface area contributed by atoms with Crippen molar-refractivity contribution in [1.82, 2.24) is 0 Å². The van der Waals surface area contributed by atoms with Crippen LogP contribution in [0.5, 0.6) is 0 Å². The molecule has 0 aromatic heterocycles. The second-order valence-corrected chi connectivity index (χ2v) is 5.31. The molecule has 0 saturated heterocycles. The van der Waals surface area contributed by atoms with Crippen LogP contribution in [0.4, 0.5) is 0 Å². The van der Waals surface area contributed by atoms with Gasteiger partial charge in [-0.2, -0.15) is 0 Å². The van der Waals surface area contributed by atoms with Gasteiger partial charge in [-0.25, -0.2) is 0 Å². The summed E-state index contributed by atoms with van der Waals surface area (Å²) in [5.74, 6) is 0. The molecule has 0 radical (unpaired) electrons. The smallest absolute Gasteiger partial charge is 0.0351 e. The zero-order valence-corrected chi connectivity index (χ0v) is 12.6. The minimum Gasteiger partial charge on any atom is -0.103 e. The van der Waals surface area contributed by atoms with Crippen LogP contribution in [0.1, 0.15) is 90.4 Å². The Balaban J connectivity index is 3.01. The van der Waals surface area contributed by atoms with Crippen LogP contribution in [-0.4, -0.2) is 0 Å². The third kappa shape index (κ3) is 15.5. The van der Waals surface area contributed by atoms with E-state index < -0.39 is 0 Å². The van der Waals surface area contributed by atoms with Crippen molar-refractivity contribution in [3.8, 4) is 0 Å². The fourth-order valence-electron chi connectivity index (χ4n) is 2.18. The molecule has 0 aliphatic heterocycles. The van der Waals surface area contributed by atoms with E-state index in [0.717, 1.165) is 0 Å². The molecule has 0 bridgehead atoms. The van der Waals surface area contributed by atoms with Gasteiger partial charge in [0.05, 0.1) is 0 Å². The summed E-state index contributed by atoms with van der Waals surface area (Å²) in [6.45, 7) is 6.02. The van der Waals surface area contributed by atoms with E-state index in [9.17, 15) is 0 Å². The minimum atomic E-state index is 1.17. The summed E-state index contributed by atoms with van der Waals surface area (Å²) in [6.07, 6.45) is 24.5. The second-order valence-electron chi connectivity index (χ2n) is 5.31. The molecule has 0 heterocycles. The van der Waals surface area contributed by atoms with Crippen LogP contribution < -0.4 is 0 Å². The second kappa shape index (κ2) is 16.5. The van der Waals surface area contributed by atoms with E-state index in [0.29, 0.717) is 0 Å². The first kappa shape index (κ1) is 17.5. The van der Waals surface area contributed by atoms with Crippen LogP contribution >= 0.6 is 0 Å². The quantitative estimate of drug-likeness (QED) is 0.234. The van der Waals surface area contributed by atoms with Gasteiger partial charge in [0.25, 0.3) is 0 Å². The van der Waals surface area contributed by atoms with Crippen molar-refractivity contribution in [2.45, 2.75) is 90.4 Å². The molecule has 0 fully saturated rings. The lowest BCUT2D eigenvalue weighted by Gasteiger charge is -1.99. The van der Waals surface area contributed by atoms with Crippen LogP contribution in [0, 0.1) is 0 Å². The van der Waals surface area contributed by atoms with E-state index in [1.165, 1.54) is 83.5 Å². The lowest BCUT2D eigenvalue weighted by atomic mass is 10.1. The molecule has 0 atom stereocenters. The van der Waals surface area contributed by atoms with E-state index in [4.69, 9.17) is 0 Å². The summed E-state index contributed by atoms with van der Waals surface area (Å²) in [5.41, 5.74) is 0. The van der Waals surface area contributed by atoms with Crippen LogP contribution in [0.2, 0.25) is 0 Å². The molecule has 0 rings (SSSR count). The maximum Gasteiger partial charge on any atom is -0.0351 e. The van der Waals surface area contributed by atoms with Gasteiger partial charge in [0.2, 0.25) is 0 Å². The molecule has 0 amide bonds. The molecule has 0 saturated carbocycles. The number of rotatable bonds is 14. The minimum absolute atomic E-state index is 1.17. The third-order valence-corrected chi connectivity index (χ3v) is 3.42. The Morgan fingerprint density at radius 2 is 1.06 bits per heavy atom. The fraction of sp³-hybridized carbons (Fsp3) is 0.778. The van der Waals surface area contributed by atoms with Crippen molar-refractivity contribution in [3.63, 3.8) is 0 Å². The van der Waals surface area contributed by atoms with Gasteiger partial charge in [0.15, 0.2) is 0 Å². The molecule has 0 aliphatic rings. The molecule has 0 aromatic carbocycles. The molecule has 0 heteroatoms. The maximum atomic E-state index is 3.74. The van der Waals surface area contributed by atoms with E-state index in [1.54, 1.807) is 0 Å². The topological polar surface area (TPSA) is 0 Å². The Bertz CT molecular complexity index is 178. The largest absolute Gasteiger partial charge is 0.103 e. The highest BCUT2D eigenvalue weighted by Gasteiger charge is 1.90. The lowest BCUT2D eigenvalue weighted by Crippen LogP contribution is -1.80. The number of hydrogen-bond acceptors (Lipinski definition) is 0. The van der Waals surface area contributed by atoms with Gasteiger partial charge in [-0.3, -0.25) is 0 Å². The number of hydrogen-bond donors (Lipinski definition) is 0. The SMILES string of the molecule is C=CCCCCC=CCCCCCCCCCC. The zero-order valence-electron chi connectivity index (χ0n) is 12.6. The number of allylic oxidation sites excluding steroid dienone is 3. The van der Waals surface area contributed by atoms with Crippen molar-refractivity contribution in [3.05, 3.63) is 24.8 Å². The van der Waals surface area contributed by atoms with Crippen LogP contribution in [0.25, 0.3) is 0 Å². The highest BCUT2D eigenvalue weighted by atomic mass is 14.0. The molecule has 0 unspecified atom stereocenters. The molecule has 0 N–H and O–H groups in total. The van der Waals surface area contributed by atoms with E-state index in [1.807, 2.05) is 6.08 Å². The summed E-state index contributed by atoms with van der Waals surface area (Å²) in [4.78, 5) is 0. The molecular formula is C18H34. The Morgan fingerprint density at radius 3 is 1.61 bits per heavy atom. The van der Waals surface area contributed by atoms with Gasteiger partial charge >= 0.3 is 0 Å². The Morgan fingerprint density at radius 1 is 0.611 bits per heavy atom. The molecule has 106 valence electrons. The van der Waals surface area contributed by atoms with Crippen LogP contribution in [-0.2, 0) is 0 Å². The fourth-order valence-corrected chi connectivity index (χ4v) is 2.18. The van der Waals surface area contributed by atoms with Crippen LogP contribution in [0.15, 0.2) is 24.8 Å². The van der Waals surface area contributed by atoms with Gasteiger partial charge in [0, 0.05) is 0 Å². The Hall–Kier alpha value is -0.520. The normalized spacial score (nSPS) is 11.2. The average molecular weight is 250 g/mol. The predicted molar refractivity (Wildman–Crippen MR) is 85.0 cm³/mol. The van der Waals surface area contributed by atoms with Crippen LogP contribution in [0.3, 0.4) is 0 Å².